The maximum atomic E-state index is 11.9. The SMILES string of the molecule is COc1ccccc1Sc1c(-c2ccccc2C(N)=O)[nH]c2ccsc12. The van der Waals surface area contributed by atoms with Crippen molar-refractivity contribution in [3.05, 3.63) is 65.5 Å². The second-order valence-corrected chi connectivity index (χ2v) is 7.62. The van der Waals surface area contributed by atoms with Gasteiger partial charge in [-0.15, -0.1) is 11.3 Å². The summed E-state index contributed by atoms with van der Waals surface area (Å²) < 4.78 is 6.64. The van der Waals surface area contributed by atoms with Crippen molar-refractivity contribution in [3.8, 4) is 17.0 Å². The highest BCUT2D eigenvalue weighted by Gasteiger charge is 2.20. The van der Waals surface area contributed by atoms with Gasteiger partial charge in [-0.05, 0) is 29.6 Å². The van der Waals surface area contributed by atoms with Crippen LogP contribution in [0.1, 0.15) is 10.4 Å². The molecule has 0 fully saturated rings. The Morgan fingerprint density at radius 2 is 1.88 bits per heavy atom. The molecule has 6 heteroatoms. The molecular formula is C20H16N2O2S2. The van der Waals surface area contributed by atoms with Crippen LogP contribution in [0.25, 0.3) is 21.5 Å². The minimum atomic E-state index is -0.438. The van der Waals surface area contributed by atoms with Crippen LogP contribution in [-0.4, -0.2) is 18.0 Å². The van der Waals surface area contributed by atoms with Gasteiger partial charge in [0.2, 0.25) is 5.91 Å². The summed E-state index contributed by atoms with van der Waals surface area (Å²) in [4.78, 5) is 17.4. The number of hydrogen-bond donors (Lipinski definition) is 2. The first kappa shape index (κ1) is 16.8. The van der Waals surface area contributed by atoms with Crippen molar-refractivity contribution in [1.82, 2.24) is 4.98 Å². The molecule has 0 aliphatic rings. The number of fused-ring (bicyclic) bond motifs is 1. The molecule has 2 heterocycles. The largest absolute Gasteiger partial charge is 0.496 e. The molecule has 4 aromatic rings. The fourth-order valence-corrected chi connectivity index (χ4v) is 5.05. The average molecular weight is 380 g/mol. The highest BCUT2D eigenvalue weighted by Crippen LogP contribution is 2.46. The first-order valence-electron chi connectivity index (χ1n) is 7.98. The molecule has 0 unspecified atom stereocenters. The van der Waals surface area contributed by atoms with Crippen LogP contribution in [0.15, 0.2) is 69.8 Å². The van der Waals surface area contributed by atoms with Crippen molar-refractivity contribution >= 4 is 39.2 Å². The Hall–Kier alpha value is -2.70. The number of carbonyl (C=O) groups is 1. The van der Waals surface area contributed by atoms with Crippen LogP contribution in [0.4, 0.5) is 0 Å². The summed E-state index contributed by atoms with van der Waals surface area (Å²) >= 11 is 3.29. The molecule has 4 rings (SSSR count). The standard InChI is InChI=1S/C20H16N2O2S2/c1-24-15-8-4-5-9-16(15)26-19-17(22-14-10-11-25-18(14)19)12-6-2-3-7-13(12)20(21)23/h2-11,22H,1H3,(H2,21,23). The van der Waals surface area contributed by atoms with Crippen molar-refractivity contribution in [2.24, 2.45) is 5.73 Å². The van der Waals surface area contributed by atoms with Gasteiger partial charge in [-0.1, -0.05) is 42.1 Å². The first-order valence-corrected chi connectivity index (χ1v) is 9.68. The van der Waals surface area contributed by atoms with E-state index in [1.165, 1.54) is 0 Å². The Balaban J connectivity index is 1.91. The molecule has 26 heavy (non-hydrogen) atoms. The zero-order chi connectivity index (χ0) is 18.1. The van der Waals surface area contributed by atoms with Gasteiger partial charge in [0.15, 0.2) is 0 Å². The van der Waals surface area contributed by atoms with Crippen LogP contribution in [-0.2, 0) is 0 Å². The smallest absolute Gasteiger partial charge is 0.249 e. The van der Waals surface area contributed by atoms with Crippen molar-refractivity contribution in [2.45, 2.75) is 9.79 Å². The maximum Gasteiger partial charge on any atom is 0.249 e. The van der Waals surface area contributed by atoms with Gasteiger partial charge in [-0.2, -0.15) is 0 Å². The van der Waals surface area contributed by atoms with Gasteiger partial charge in [-0.25, -0.2) is 0 Å². The third kappa shape index (κ3) is 2.87. The van der Waals surface area contributed by atoms with Crippen LogP contribution < -0.4 is 10.5 Å². The lowest BCUT2D eigenvalue weighted by Gasteiger charge is -2.10. The number of ether oxygens (including phenoxy) is 1. The molecule has 0 spiro atoms. The number of nitrogens with two attached hydrogens (primary N) is 1. The Morgan fingerprint density at radius 3 is 2.69 bits per heavy atom. The molecule has 2 aromatic heterocycles. The summed E-state index contributed by atoms with van der Waals surface area (Å²) in [5.74, 6) is 0.379. The topological polar surface area (TPSA) is 68.1 Å². The molecular weight excluding hydrogens is 364 g/mol. The molecule has 0 aliphatic carbocycles. The van der Waals surface area contributed by atoms with E-state index in [-0.39, 0.29) is 0 Å². The molecule has 0 bridgehead atoms. The quantitative estimate of drug-likeness (QED) is 0.503. The van der Waals surface area contributed by atoms with Gasteiger partial charge in [0.25, 0.3) is 0 Å². The first-order chi connectivity index (χ1) is 12.7. The lowest BCUT2D eigenvalue weighted by Crippen LogP contribution is -2.12. The van der Waals surface area contributed by atoms with Crippen molar-refractivity contribution in [2.75, 3.05) is 7.11 Å². The Morgan fingerprint density at radius 1 is 1.12 bits per heavy atom. The van der Waals surface area contributed by atoms with Gasteiger partial charge < -0.3 is 15.5 Å². The van der Waals surface area contributed by atoms with Gasteiger partial charge in [0.05, 0.1) is 32.8 Å². The number of H-pyrrole nitrogens is 1. The molecule has 1 amide bonds. The van der Waals surface area contributed by atoms with Gasteiger partial charge in [-0.3, -0.25) is 4.79 Å². The normalized spacial score (nSPS) is 11.0. The lowest BCUT2D eigenvalue weighted by atomic mass is 10.0. The number of aromatic nitrogens is 1. The highest BCUT2D eigenvalue weighted by molar-refractivity contribution is 8.00. The summed E-state index contributed by atoms with van der Waals surface area (Å²) in [6.45, 7) is 0. The fourth-order valence-electron chi connectivity index (χ4n) is 2.90. The van der Waals surface area contributed by atoms with Crippen molar-refractivity contribution in [3.63, 3.8) is 0 Å². The monoisotopic (exact) mass is 380 g/mol. The summed E-state index contributed by atoms with van der Waals surface area (Å²) in [6.07, 6.45) is 0. The predicted octanol–water partition coefficient (Wildman–Crippen LogP) is 5.16. The van der Waals surface area contributed by atoms with E-state index >= 15 is 0 Å². The molecule has 3 N–H and O–H groups in total. The molecule has 0 aliphatic heterocycles. The number of aromatic amines is 1. The highest BCUT2D eigenvalue weighted by atomic mass is 32.2. The minimum Gasteiger partial charge on any atom is -0.496 e. The molecule has 0 saturated heterocycles. The third-order valence-electron chi connectivity index (χ3n) is 4.10. The van der Waals surface area contributed by atoms with E-state index in [9.17, 15) is 4.79 Å². The van der Waals surface area contributed by atoms with Gasteiger partial charge in [0.1, 0.15) is 5.75 Å². The molecule has 130 valence electrons. The van der Waals surface area contributed by atoms with Crippen LogP contribution >= 0.6 is 23.1 Å². The number of methoxy groups -OCH3 is 1. The van der Waals surface area contributed by atoms with E-state index in [0.717, 1.165) is 37.0 Å². The number of benzene rings is 2. The number of primary amides is 1. The molecule has 0 radical (unpaired) electrons. The molecule has 0 saturated carbocycles. The Labute approximate surface area is 159 Å². The second kappa shape index (κ2) is 6.90. The summed E-state index contributed by atoms with van der Waals surface area (Å²) in [5.41, 5.74) is 8.85. The average Bonchev–Trinajstić information content (AvgIpc) is 3.24. The van der Waals surface area contributed by atoms with E-state index in [2.05, 4.69) is 10.4 Å². The predicted molar refractivity (Wildman–Crippen MR) is 107 cm³/mol. The van der Waals surface area contributed by atoms with Crippen molar-refractivity contribution < 1.29 is 9.53 Å². The summed E-state index contributed by atoms with van der Waals surface area (Å²) in [7, 11) is 1.67. The van der Waals surface area contributed by atoms with E-state index in [1.807, 2.05) is 48.5 Å². The number of thiophene rings is 1. The van der Waals surface area contributed by atoms with Crippen LogP contribution in [0.5, 0.6) is 5.75 Å². The maximum absolute atomic E-state index is 11.9. The third-order valence-corrected chi connectivity index (χ3v) is 6.33. The van der Waals surface area contributed by atoms with Crippen LogP contribution in [0.2, 0.25) is 0 Å². The number of hydrogen-bond acceptors (Lipinski definition) is 4. The van der Waals surface area contributed by atoms with Crippen molar-refractivity contribution in [1.29, 1.82) is 0 Å². The molecule has 2 aromatic carbocycles. The van der Waals surface area contributed by atoms with Crippen LogP contribution in [0, 0.1) is 0 Å². The zero-order valence-electron chi connectivity index (χ0n) is 14.0. The summed E-state index contributed by atoms with van der Waals surface area (Å²) in [6, 6.07) is 17.4. The number of nitrogens with one attached hydrogen (secondary N) is 1. The molecule has 0 atom stereocenters. The van der Waals surface area contributed by atoms with Gasteiger partial charge >= 0.3 is 0 Å². The summed E-state index contributed by atoms with van der Waals surface area (Å²) in [5, 5.41) is 2.05. The lowest BCUT2D eigenvalue weighted by molar-refractivity contribution is 0.100. The number of carbonyl (C=O) groups excluding carboxylic acids is 1. The van der Waals surface area contributed by atoms with E-state index in [4.69, 9.17) is 10.5 Å². The minimum absolute atomic E-state index is 0.438. The van der Waals surface area contributed by atoms with E-state index < -0.39 is 5.91 Å². The van der Waals surface area contributed by atoms with Gasteiger partial charge in [0, 0.05) is 11.1 Å². The second-order valence-electron chi connectivity index (χ2n) is 5.66. The fraction of sp³-hybridized carbons (Fsp3) is 0.0500. The van der Waals surface area contributed by atoms with Crippen LogP contribution in [0.3, 0.4) is 0 Å². The zero-order valence-corrected chi connectivity index (χ0v) is 15.6. The van der Waals surface area contributed by atoms with E-state index in [0.29, 0.717) is 5.56 Å². The molecule has 4 nitrogen and oxygen atoms in total. The Kier molecular flexibility index (Phi) is 4.44. The van der Waals surface area contributed by atoms with E-state index in [1.54, 1.807) is 36.3 Å². The number of rotatable bonds is 5. The number of para-hydroxylation sites is 1. The Bertz CT molecular complexity index is 1100. The number of amides is 1.